The molecule has 0 aromatic heterocycles. The van der Waals surface area contributed by atoms with E-state index < -0.39 is 0 Å². The fourth-order valence-corrected chi connectivity index (χ4v) is 2.97. The minimum atomic E-state index is 0.498. The molecule has 1 N–H and O–H groups in total. The lowest BCUT2D eigenvalue weighted by molar-refractivity contribution is 0.376. The number of nitrogens with zero attached hydrogens (tertiary/aromatic N) is 1. The molecule has 0 heterocycles. The summed E-state index contributed by atoms with van der Waals surface area (Å²) in [5.41, 5.74) is 2.53. The Morgan fingerprint density at radius 1 is 1.17 bits per heavy atom. The molecule has 2 aromatic rings. The molecule has 0 unspecified atom stereocenters. The smallest absolute Gasteiger partial charge is 0.136 e. The van der Waals surface area contributed by atoms with E-state index in [1.165, 1.54) is 0 Å². The second kappa shape index (κ2) is 8.90. The molecule has 4 nitrogen and oxygen atoms in total. The molecule has 24 heavy (non-hydrogen) atoms. The number of para-hydroxylation sites is 1. The first kappa shape index (κ1) is 17.8. The van der Waals surface area contributed by atoms with Gasteiger partial charge in [0.2, 0.25) is 0 Å². The largest absolute Gasteiger partial charge is 0.495 e. The molecule has 0 bridgehead atoms. The van der Waals surface area contributed by atoms with Gasteiger partial charge in [0.1, 0.15) is 11.5 Å². The van der Waals surface area contributed by atoms with Crippen LogP contribution in [0, 0.1) is 11.3 Å². The third-order valence-corrected chi connectivity index (χ3v) is 4.26. The number of nitrogens with one attached hydrogen (secondary N) is 1. The number of nitriles is 1. The van der Waals surface area contributed by atoms with E-state index in [1.54, 1.807) is 32.2 Å². The Hall–Kier alpha value is -2.58. The van der Waals surface area contributed by atoms with Crippen molar-refractivity contribution in [1.82, 2.24) is 0 Å². The standard InChI is InChI=1S/C19H20N2O2S/c1-22-17-10-14(11-18(23-2)19(17)24-3)9-15(12-20)13-21-16-7-5-4-6-8-16/h4-8,10-11,13,21H,9H2,1-3H3. The molecule has 124 valence electrons. The normalized spacial score (nSPS) is 10.8. The van der Waals surface area contributed by atoms with Crippen LogP contribution in [-0.2, 0) is 6.42 Å². The molecule has 0 atom stereocenters. The second-order valence-electron chi connectivity index (χ2n) is 5.00. The maximum Gasteiger partial charge on any atom is 0.136 e. The van der Waals surface area contributed by atoms with Crippen molar-refractivity contribution in [3.8, 4) is 17.6 Å². The molecule has 0 aliphatic heterocycles. The zero-order valence-corrected chi connectivity index (χ0v) is 14.8. The van der Waals surface area contributed by atoms with Crippen LogP contribution in [0.5, 0.6) is 11.5 Å². The second-order valence-corrected chi connectivity index (χ2v) is 5.82. The first-order chi connectivity index (χ1) is 11.7. The monoisotopic (exact) mass is 340 g/mol. The van der Waals surface area contributed by atoms with E-state index in [0.717, 1.165) is 27.6 Å². The Kier molecular flexibility index (Phi) is 6.59. The maximum absolute atomic E-state index is 9.39. The fourth-order valence-electron chi connectivity index (χ4n) is 2.29. The van der Waals surface area contributed by atoms with Gasteiger partial charge in [-0.1, -0.05) is 18.2 Å². The number of benzene rings is 2. The lowest BCUT2D eigenvalue weighted by Gasteiger charge is -2.13. The number of allylic oxidation sites excluding steroid dienone is 1. The minimum absolute atomic E-state index is 0.498. The Morgan fingerprint density at radius 3 is 2.29 bits per heavy atom. The highest BCUT2D eigenvalue weighted by molar-refractivity contribution is 7.98. The number of thioether (sulfide) groups is 1. The predicted molar refractivity (Wildman–Crippen MR) is 98.8 cm³/mol. The summed E-state index contributed by atoms with van der Waals surface area (Å²) in [7, 11) is 3.27. The van der Waals surface area contributed by atoms with Gasteiger partial charge in [0, 0.05) is 23.9 Å². The van der Waals surface area contributed by atoms with Crippen molar-refractivity contribution in [2.24, 2.45) is 0 Å². The Morgan fingerprint density at radius 2 is 1.79 bits per heavy atom. The molecule has 0 saturated carbocycles. The molecule has 0 fully saturated rings. The third kappa shape index (κ3) is 4.46. The van der Waals surface area contributed by atoms with E-state index in [1.807, 2.05) is 48.7 Å². The summed E-state index contributed by atoms with van der Waals surface area (Å²) < 4.78 is 10.9. The van der Waals surface area contributed by atoms with Gasteiger partial charge < -0.3 is 14.8 Å². The van der Waals surface area contributed by atoms with Crippen molar-refractivity contribution in [3.05, 3.63) is 59.8 Å². The van der Waals surface area contributed by atoms with Crippen molar-refractivity contribution in [2.45, 2.75) is 11.3 Å². The summed E-state index contributed by atoms with van der Waals surface area (Å²) in [5, 5.41) is 12.5. The van der Waals surface area contributed by atoms with Crippen molar-refractivity contribution in [2.75, 3.05) is 25.8 Å². The fraction of sp³-hybridized carbons (Fsp3) is 0.211. The quantitative estimate of drug-likeness (QED) is 0.594. The van der Waals surface area contributed by atoms with Crippen LogP contribution in [-0.4, -0.2) is 20.5 Å². The number of hydrogen-bond acceptors (Lipinski definition) is 5. The third-order valence-electron chi connectivity index (χ3n) is 3.45. The first-order valence-electron chi connectivity index (χ1n) is 7.41. The molecule has 5 heteroatoms. The maximum atomic E-state index is 9.39. The highest BCUT2D eigenvalue weighted by atomic mass is 32.2. The average Bonchev–Trinajstić information content (AvgIpc) is 2.64. The highest BCUT2D eigenvalue weighted by Crippen LogP contribution is 2.38. The zero-order valence-electron chi connectivity index (χ0n) is 14.0. The SMILES string of the molecule is COc1cc(CC(C#N)=CNc2ccccc2)cc(OC)c1SC. The molecule has 2 aromatic carbocycles. The van der Waals surface area contributed by atoms with Crippen molar-refractivity contribution < 1.29 is 9.47 Å². The highest BCUT2D eigenvalue weighted by Gasteiger charge is 2.12. The summed E-state index contributed by atoms with van der Waals surface area (Å²) in [6.45, 7) is 0. The zero-order chi connectivity index (χ0) is 17.4. The topological polar surface area (TPSA) is 54.3 Å². The summed E-state index contributed by atoms with van der Waals surface area (Å²) >= 11 is 1.57. The van der Waals surface area contributed by atoms with Crippen LogP contribution < -0.4 is 14.8 Å². The van der Waals surface area contributed by atoms with Crippen LogP contribution in [0.15, 0.2) is 59.1 Å². The number of hydrogen-bond donors (Lipinski definition) is 1. The predicted octanol–water partition coefficient (Wildman–Crippen LogP) is 4.49. The lowest BCUT2D eigenvalue weighted by atomic mass is 10.1. The van der Waals surface area contributed by atoms with E-state index in [9.17, 15) is 5.26 Å². The molecule has 2 rings (SSSR count). The average molecular weight is 340 g/mol. The summed E-state index contributed by atoms with van der Waals surface area (Å²) in [4.78, 5) is 0.952. The molecule has 0 radical (unpaired) electrons. The van der Waals surface area contributed by atoms with Crippen LogP contribution in [0.25, 0.3) is 0 Å². The summed E-state index contributed by atoms with van der Waals surface area (Å²) in [6, 6.07) is 15.9. The van der Waals surface area contributed by atoms with Crippen molar-refractivity contribution >= 4 is 17.4 Å². The van der Waals surface area contributed by atoms with Gasteiger partial charge in [0.25, 0.3) is 0 Å². The molecule has 0 spiro atoms. The van der Waals surface area contributed by atoms with Crippen LogP contribution in [0.2, 0.25) is 0 Å². The van der Waals surface area contributed by atoms with E-state index in [-0.39, 0.29) is 0 Å². The number of methoxy groups -OCH3 is 2. The van der Waals surface area contributed by atoms with Gasteiger partial charge >= 0.3 is 0 Å². The molecule has 0 saturated heterocycles. The first-order valence-corrected chi connectivity index (χ1v) is 8.64. The van der Waals surface area contributed by atoms with Crippen LogP contribution in [0.3, 0.4) is 0 Å². The number of rotatable bonds is 7. The Bertz CT molecular complexity index is 727. The minimum Gasteiger partial charge on any atom is -0.495 e. The van der Waals surface area contributed by atoms with Gasteiger partial charge in [-0.3, -0.25) is 0 Å². The molecule has 0 aliphatic rings. The lowest BCUT2D eigenvalue weighted by Crippen LogP contribution is -1.98. The molecule has 0 amide bonds. The van der Waals surface area contributed by atoms with Crippen molar-refractivity contribution in [3.63, 3.8) is 0 Å². The molecule has 0 aliphatic carbocycles. The number of anilines is 1. The van der Waals surface area contributed by atoms with Gasteiger partial charge in [-0.05, 0) is 36.1 Å². The van der Waals surface area contributed by atoms with Gasteiger partial charge in [-0.25, -0.2) is 0 Å². The van der Waals surface area contributed by atoms with E-state index >= 15 is 0 Å². The van der Waals surface area contributed by atoms with E-state index in [2.05, 4.69) is 11.4 Å². The summed E-state index contributed by atoms with van der Waals surface area (Å²) in [6.07, 6.45) is 4.21. The summed E-state index contributed by atoms with van der Waals surface area (Å²) in [5.74, 6) is 1.51. The van der Waals surface area contributed by atoms with Crippen LogP contribution in [0.1, 0.15) is 5.56 Å². The van der Waals surface area contributed by atoms with Gasteiger partial charge in [0.15, 0.2) is 0 Å². The van der Waals surface area contributed by atoms with E-state index in [0.29, 0.717) is 12.0 Å². The number of ether oxygens (including phenoxy) is 2. The van der Waals surface area contributed by atoms with Crippen LogP contribution >= 0.6 is 11.8 Å². The van der Waals surface area contributed by atoms with Gasteiger partial charge in [0.05, 0.1) is 25.2 Å². The molecular weight excluding hydrogens is 320 g/mol. The van der Waals surface area contributed by atoms with E-state index in [4.69, 9.17) is 9.47 Å². The van der Waals surface area contributed by atoms with Crippen LogP contribution in [0.4, 0.5) is 5.69 Å². The Labute approximate surface area is 147 Å². The Balaban J connectivity index is 2.23. The van der Waals surface area contributed by atoms with Crippen molar-refractivity contribution in [1.29, 1.82) is 5.26 Å². The molecular formula is C19H20N2O2S. The van der Waals surface area contributed by atoms with Gasteiger partial charge in [-0.15, -0.1) is 11.8 Å². The van der Waals surface area contributed by atoms with Gasteiger partial charge in [-0.2, -0.15) is 5.26 Å².